The maximum atomic E-state index is 10.7. The van der Waals surface area contributed by atoms with E-state index in [1.807, 2.05) is 0 Å². The third-order valence-corrected chi connectivity index (χ3v) is 3.09. The van der Waals surface area contributed by atoms with E-state index >= 15 is 0 Å². The van der Waals surface area contributed by atoms with Crippen molar-refractivity contribution in [1.82, 2.24) is 4.90 Å². The van der Waals surface area contributed by atoms with E-state index in [2.05, 4.69) is 25.7 Å². The average Bonchev–Trinajstić information content (AvgIpc) is 2.11. The highest BCUT2D eigenvalue weighted by molar-refractivity contribution is 5.53. The molecule has 0 aromatic heterocycles. The van der Waals surface area contributed by atoms with Gasteiger partial charge in [0.05, 0.1) is 0 Å². The van der Waals surface area contributed by atoms with Crippen molar-refractivity contribution < 1.29 is 4.79 Å². The topological polar surface area (TPSA) is 20.3 Å². The van der Waals surface area contributed by atoms with Gasteiger partial charge in [0, 0.05) is 18.0 Å². The standard InChI is InChI=1S/C11H21NO/c1-4-5-12-9(2)6-11(8-13)7-10(12)3/h8-11H,4-7H2,1-3H3/t9-,10-/m1/s1. The minimum atomic E-state index is 0.304. The zero-order valence-electron chi connectivity index (χ0n) is 8.99. The summed E-state index contributed by atoms with van der Waals surface area (Å²) in [6, 6.07) is 1.16. The van der Waals surface area contributed by atoms with Gasteiger partial charge in [-0.2, -0.15) is 0 Å². The van der Waals surface area contributed by atoms with Crippen LogP contribution < -0.4 is 0 Å². The predicted molar refractivity (Wildman–Crippen MR) is 54.7 cm³/mol. The van der Waals surface area contributed by atoms with Gasteiger partial charge in [0.25, 0.3) is 0 Å². The molecule has 0 unspecified atom stereocenters. The van der Waals surface area contributed by atoms with Crippen LogP contribution in [0.5, 0.6) is 0 Å². The van der Waals surface area contributed by atoms with Crippen LogP contribution in [0.25, 0.3) is 0 Å². The molecule has 2 nitrogen and oxygen atoms in total. The molecule has 0 N–H and O–H groups in total. The van der Waals surface area contributed by atoms with Crippen LogP contribution in [0.2, 0.25) is 0 Å². The van der Waals surface area contributed by atoms with Crippen LogP contribution in [0.15, 0.2) is 0 Å². The number of carbonyl (C=O) groups is 1. The third-order valence-electron chi connectivity index (χ3n) is 3.09. The normalized spacial score (nSPS) is 36.1. The number of rotatable bonds is 3. The number of likely N-dealkylation sites (tertiary alicyclic amines) is 1. The highest BCUT2D eigenvalue weighted by atomic mass is 16.1. The fraction of sp³-hybridized carbons (Fsp3) is 0.909. The summed E-state index contributed by atoms with van der Waals surface area (Å²) in [7, 11) is 0. The van der Waals surface area contributed by atoms with Gasteiger partial charge in [0.1, 0.15) is 6.29 Å². The van der Waals surface area contributed by atoms with Crippen LogP contribution in [0.1, 0.15) is 40.0 Å². The first-order valence-electron chi connectivity index (χ1n) is 5.40. The van der Waals surface area contributed by atoms with Crippen molar-refractivity contribution in [3.05, 3.63) is 0 Å². The second kappa shape index (κ2) is 4.75. The predicted octanol–water partition coefficient (Wildman–Crippen LogP) is 2.08. The zero-order valence-corrected chi connectivity index (χ0v) is 8.99. The quantitative estimate of drug-likeness (QED) is 0.624. The second-order valence-corrected chi connectivity index (χ2v) is 4.30. The Balaban J connectivity index is 2.53. The highest BCUT2D eigenvalue weighted by Gasteiger charge is 2.29. The zero-order chi connectivity index (χ0) is 9.84. The Bertz CT molecular complexity index is 157. The van der Waals surface area contributed by atoms with Gasteiger partial charge in [0.15, 0.2) is 0 Å². The van der Waals surface area contributed by atoms with E-state index in [4.69, 9.17) is 0 Å². The Kier molecular flexibility index (Phi) is 3.91. The van der Waals surface area contributed by atoms with Crippen molar-refractivity contribution in [1.29, 1.82) is 0 Å². The number of hydrogen-bond acceptors (Lipinski definition) is 2. The SMILES string of the molecule is CCCN1[C@H](C)CC(C=O)C[C@H]1C. The Morgan fingerprint density at radius 1 is 1.31 bits per heavy atom. The first-order valence-corrected chi connectivity index (χ1v) is 5.40. The molecule has 0 aromatic carbocycles. The lowest BCUT2D eigenvalue weighted by atomic mass is 9.88. The van der Waals surface area contributed by atoms with Gasteiger partial charge in [-0.05, 0) is 39.7 Å². The van der Waals surface area contributed by atoms with Gasteiger partial charge >= 0.3 is 0 Å². The maximum Gasteiger partial charge on any atom is 0.123 e. The van der Waals surface area contributed by atoms with Crippen molar-refractivity contribution in [2.45, 2.75) is 52.1 Å². The largest absolute Gasteiger partial charge is 0.303 e. The third kappa shape index (κ3) is 2.53. The van der Waals surface area contributed by atoms with E-state index in [-0.39, 0.29) is 0 Å². The molecule has 1 aliphatic heterocycles. The molecule has 0 radical (unpaired) electrons. The molecule has 0 bridgehead atoms. The van der Waals surface area contributed by atoms with Crippen LogP contribution in [0.3, 0.4) is 0 Å². The van der Waals surface area contributed by atoms with Gasteiger partial charge in [-0.25, -0.2) is 0 Å². The molecule has 1 fully saturated rings. The molecule has 76 valence electrons. The second-order valence-electron chi connectivity index (χ2n) is 4.30. The molecule has 2 heteroatoms. The molecular formula is C11H21NO. The molecular weight excluding hydrogens is 162 g/mol. The molecule has 0 aromatic rings. The number of piperidine rings is 1. The van der Waals surface area contributed by atoms with Crippen LogP contribution >= 0.6 is 0 Å². The van der Waals surface area contributed by atoms with E-state index in [0.717, 1.165) is 19.1 Å². The Labute approximate surface area is 81.3 Å². The van der Waals surface area contributed by atoms with Crippen LogP contribution in [-0.4, -0.2) is 29.8 Å². The maximum absolute atomic E-state index is 10.7. The first-order chi connectivity index (χ1) is 6.19. The van der Waals surface area contributed by atoms with Gasteiger partial charge in [-0.3, -0.25) is 4.90 Å². The molecule has 1 rings (SSSR count). The lowest BCUT2D eigenvalue weighted by Crippen LogP contribution is -2.47. The fourth-order valence-electron chi connectivity index (χ4n) is 2.49. The monoisotopic (exact) mass is 183 g/mol. The average molecular weight is 183 g/mol. The van der Waals surface area contributed by atoms with Gasteiger partial charge < -0.3 is 4.79 Å². The Morgan fingerprint density at radius 2 is 1.85 bits per heavy atom. The number of aldehydes is 1. The van der Waals surface area contributed by atoms with Crippen molar-refractivity contribution >= 4 is 6.29 Å². The van der Waals surface area contributed by atoms with E-state index in [1.54, 1.807) is 0 Å². The summed E-state index contributed by atoms with van der Waals surface area (Å²) in [5, 5.41) is 0. The summed E-state index contributed by atoms with van der Waals surface area (Å²) >= 11 is 0. The molecule has 1 heterocycles. The molecule has 0 saturated carbocycles. The summed E-state index contributed by atoms with van der Waals surface area (Å²) in [5.41, 5.74) is 0. The molecule has 0 aliphatic carbocycles. The molecule has 0 spiro atoms. The number of nitrogens with zero attached hydrogens (tertiary/aromatic N) is 1. The van der Waals surface area contributed by atoms with Crippen molar-refractivity contribution in [3.63, 3.8) is 0 Å². The molecule has 2 atom stereocenters. The Morgan fingerprint density at radius 3 is 2.23 bits per heavy atom. The molecule has 1 aliphatic rings. The molecule has 13 heavy (non-hydrogen) atoms. The van der Waals surface area contributed by atoms with E-state index in [0.29, 0.717) is 18.0 Å². The van der Waals surface area contributed by atoms with Gasteiger partial charge in [0.2, 0.25) is 0 Å². The number of carbonyl (C=O) groups excluding carboxylic acids is 1. The molecule has 0 amide bonds. The van der Waals surface area contributed by atoms with Gasteiger partial charge in [-0.1, -0.05) is 6.92 Å². The summed E-state index contributed by atoms with van der Waals surface area (Å²) in [4.78, 5) is 13.2. The summed E-state index contributed by atoms with van der Waals surface area (Å²) < 4.78 is 0. The van der Waals surface area contributed by atoms with Crippen molar-refractivity contribution in [2.24, 2.45) is 5.92 Å². The minimum absolute atomic E-state index is 0.304. The lowest BCUT2D eigenvalue weighted by molar-refractivity contribution is -0.113. The Hall–Kier alpha value is -0.370. The van der Waals surface area contributed by atoms with Gasteiger partial charge in [-0.15, -0.1) is 0 Å². The van der Waals surface area contributed by atoms with E-state index < -0.39 is 0 Å². The molecule has 1 saturated heterocycles. The van der Waals surface area contributed by atoms with E-state index in [1.165, 1.54) is 13.0 Å². The van der Waals surface area contributed by atoms with Crippen molar-refractivity contribution in [2.75, 3.05) is 6.54 Å². The lowest BCUT2D eigenvalue weighted by Gasteiger charge is -2.41. The number of hydrogen-bond donors (Lipinski definition) is 0. The van der Waals surface area contributed by atoms with Crippen molar-refractivity contribution in [3.8, 4) is 0 Å². The van der Waals surface area contributed by atoms with Crippen LogP contribution in [0, 0.1) is 5.92 Å². The summed E-state index contributed by atoms with van der Waals surface area (Å²) in [6.45, 7) is 7.86. The van der Waals surface area contributed by atoms with E-state index in [9.17, 15) is 4.79 Å². The fourth-order valence-corrected chi connectivity index (χ4v) is 2.49. The first kappa shape index (κ1) is 10.7. The minimum Gasteiger partial charge on any atom is -0.303 e. The van der Waals surface area contributed by atoms with Crippen LogP contribution in [-0.2, 0) is 4.79 Å². The summed E-state index contributed by atoms with van der Waals surface area (Å²) in [5.74, 6) is 0.304. The highest BCUT2D eigenvalue weighted by Crippen LogP contribution is 2.26. The summed E-state index contributed by atoms with van der Waals surface area (Å²) in [6.07, 6.45) is 4.44. The smallest absolute Gasteiger partial charge is 0.123 e. The van der Waals surface area contributed by atoms with Crippen LogP contribution in [0.4, 0.5) is 0 Å².